The molecule has 0 bridgehead atoms. The molecule has 3 heteroatoms. The minimum absolute atomic E-state index is 0.129. The molecule has 0 spiro atoms. The standard InChI is InChI=1S/C15H22N2O/c1-12-6-5-8-14(10-12)16-15(18)11-17-9-4-3-7-13(17)2/h5-6,8,10,13H,3-4,7,9,11H2,1-2H3,(H,16,18)/p+1/t13-/m1/s1. The van der Waals surface area contributed by atoms with Crippen molar-refractivity contribution < 1.29 is 9.69 Å². The smallest absolute Gasteiger partial charge is 0.279 e. The number of quaternary nitrogens is 1. The number of hydrogen-bond donors (Lipinski definition) is 2. The number of amides is 1. The molecular weight excluding hydrogens is 224 g/mol. The van der Waals surface area contributed by atoms with Gasteiger partial charge in [-0.15, -0.1) is 0 Å². The summed E-state index contributed by atoms with van der Waals surface area (Å²) in [7, 11) is 0. The third-order valence-electron chi connectivity index (χ3n) is 3.77. The van der Waals surface area contributed by atoms with E-state index in [2.05, 4.69) is 12.2 Å². The molecule has 1 aromatic rings. The Labute approximate surface area is 109 Å². The lowest BCUT2D eigenvalue weighted by atomic mass is 10.0. The van der Waals surface area contributed by atoms with Gasteiger partial charge in [0, 0.05) is 5.69 Å². The molecule has 1 unspecified atom stereocenters. The molecule has 1 aromatic carbocycles. The van der Waals surface area contributed by atoms with Crippen molar-refractivity contribution in [3.63, 3.8) is 0 Å². The number of anilines is 1. The van der Waals surface area contributed by atoms with Gasteiger partial charge in [-0.3, -0.25) is 4.79 Å². The van der Waals surface area contributed by atoms with Gasteiger partial charge < -0.3 is 10.2 Å². The zero-order chi connectivity index (χ0) is 13.0. The van der Waals surface area contributed by atoms with E-state index in [0.29, 0.717) is 12.6 Å². The maximum absolute atomic E-state index is 12.0. The number of piperidine rings is 1. The summed E-state index contributed by atoms with van der Waals surface area (Å²) >= 11 is 0. The van der Waals surface area contributed by atoms with Crippen LogP contribution in [-0.4, -0.2) is 25.0 Å². The molecular formula is C15H23N2O+. The van der Waals surface area contributed by atoms with E-state index < -0.39 is 0 Å². The monoisotopic (exact) mass is 247 g/mol. The molecule has 3 nitrogen and oxygen atoms in total. The molecule has 2 N–H and O–H groups in total. The van der Waals surface area contributed by atoms with E-state index in [-0.39, 0.29) is 5.91 Å². The maximum atomic E-state index is 12.0. The van der Waals surface area contributed by atoms with Crippen molar-refractivity contribution in [1.29, 1.82) is 0 Å². The van der Waals surface area contributed by atoms with Crippen LogP contribution in [0.15, 0.2) is 24.3 Å². The van der Waals surface area contributed by atoms with Gasteiger partial charge in [0.2, 0.25) is 0 Å². The molecule has 0 radical (unpaired) electrons. The van der Waals surface area contributed by atoms with Gasteiger partial charge in [0.25, 0.3) is 5.91 Å². The van der Waals surface area contributed by atoms with Gasteiger partial charge in [0.15, 0.2) is 6.54 Å². The van der Waals surface area contributed by atoms with Crippen LogP contribution in [0.25, 0.3) is 0 Å². The van der Waals surface area contributed by atoms with Gasteiger partial charge in [-0.1, -0.05) is 12.1 Å². The Morgan fingerprint density at radius 1 is 1.44 bits per heavy atom. The maximum Gasteiger partial charge on any atom is 0.279 e. The van der Waals surface area contributed by atoms with E-state index in [0.717, 1.165) is 12.2 Å². The average Bonchev–Trinajstić information content (AvgIpc) is 2.32. The lowest BCUT2D eigenvalue weighted by Crippen LogP contribution is -3.17. The largest absolute Gasteiger partial charge is 0.325 e. The zero-order valence-corrected chi connectivity index (χ0v) is 11.3. The van der Waals surface area contributed by atoms with Crippen molar-refractivity contribution in [2.75, 3.05) is 18.4 Å². The third-order valence-corrected chi connectivity index (χ3v) is 3.77. The Bertz CT molecular complexity index is 417. The highest BCUT2D eigenvalue weighted by Gasteiger charge is 2.24. The molecule has 98 valence electrons. The highest BCUT2D eigenvalue weighted by atomic mass is 16.2. The number of aryl methyl sites for hydroxylation is 1. The van der Waals surface area contributed by atoms with Crippen molar-refractivity contribution >= 4 is 11.6 Å². The second kappa shape index (κ2) is 6.01. The fourth-order valence-corrected chi connectivity index (χ4v) is 2.65. The summed E-state index contributed by atoms with van der Waals surface area (Å²) in [5.74, 6) is 0.129. The Balaban J connectivity index is 1.88. The van der Waals surface area contributed by atoms with Crippen molar-refractivity contribution in [2.24, 2.45) is 0 Å². The highest BCUT2D eigenvalue weighted by Crippen LogP contribution is 2.09. The van der Waals surface area contributed by atoms with Gasteiger partial charge in [-0.05, 0) is 50.8 Å². The summed E-state index contributed by atoms with van der Waals surface area (Å²) in [4.78, 5) is 13.4. The molecule has 2 atom stereocenters. The molecule has 1 heterocycles. The topological polar surface area (TPSA) is 33.5 Å². The summed E-state index contributed by atoms with van der Waals surface area (Å²) in [5, 5.41) is 2.99. The minimum atomic E-state index is 0.129. The van der Waals surface area contributed by atoms with E-state index in [4.69, 9.17) is 0 Å². The number of nitrogens with one attached hydrogen (secondary N) is 2. The molecule has 2 rings (SSSR count). The van der Waals surface area contributed by atoms with Crippen LogP contribution in [0.4, 0.5) is 5.69 Å². The van der Waals surface area contributed by atoms with Crippen LogP contribution in [0.3, 0.4) is 0 Å². The molecule has 1 amide bonds. The van der Waals surface area contributed by atoms with Crippen LogP contribution < -0.4 is 10.2 Å². The first-order chi connectivity index (χ1) is 8.65. The lowest BCUT2D eigenvalue weighted by Gasteiger charge is -2.29. The number of carbonyl (C=O) groups is 1. The van der Waals surface area contributed by atoms with E-state index in [1.165, 1.54) is 29.7 Å². The zero-order valence-electron chi connectivity index (χ0n) is 11.3. The summed E-state index contributed by atoms with van der Waals surface area (Å²) < 4.78 is 0. The van der Waals surface area contributed by atoms with E-state index in [1.54, 1.807) is 0 Å². The summed E-state index contributed by atoms with van der Waals surface area (Å²) in [6.45, 7) is 6.00. The van der Waals surface area contributed by atoms with E-state index in [1.807, 2.05) is 31.2 Å². The van der Waals surface area contributed by atoms with E-state index >= 15 is 0 Å². The molecule has 1 fully saturated rings. The molecule has 0 aliphatic carbocycles. The quantitative estimate of drug-likeness (QED) is 0.831. The molecule has 0 saturated carbocycles. The van der Waals surface area contributed by atoms with Crippen LogP contribution in [-0.2, 0) is 4.79 Å². The molecule has 1 saturated heterocycles. The molecule has 18 heavy (non-hydrogen) atoms. The second-order valence-electron chi connectivity index (χ2n) is 5.40. The summed E-state index contributed by atoms with van der Waals surface area (Å²) in [6, 6.07) is 8.57. The molecule has 0 aromatic heterocycles. The number of carbonyl (C=O) groups excluding carboxylic acids is 1. The Hall–Kier alpha value is -1.35. The molecule has 1 aliphatic heterocycles. The number of rotatable bonds is 3. The van der Waals surface area contributed by atoms with Crippen LogP contribution in [0.1, 0.15) is 31.7 Å². The van der Waals surface area contributed by atoms with Crippen molar-refractivity contribution in [2.45, 2.75) is 39.2 Å². The van der Waals surface area contributed by atoms with Crippen LogP contribution in [0, 0.1) is 6.92 Å². The Morgan fingerprint density at radius 2 is 2.28 bits per heavy atom. The van der Waals surface area contributed by atoms with E-state index in [9.17, 15) is 4.79 Å². The SMILES string of the molecule is Cc1cccc(NC(=O)C[NH+]2CCCC[C@H]2C)c1. The van der Waals surface area contributed by atoms with Crippen LogP contribution >= 0.6 is 0 Å². The first-order valence-corrected chi connectivity index (χ1v) is 6.86. The first kappa shape index (κ1) is 13.1. The van der Waals surface area contributed by atoms with Crippen LogP contribution in [0.5, 0.6) is 0 Å². The van der Waals surface area contributed by atoms with Gasteiger partial charge in [-0.2, -0.15) is 0 Å². The van der Waals surface area contributed by atoms with Crippen molar-refractivity contribution in [3.05, 3.63) is 29.8 Å². The third kappa shape index (κ3) is 3.57. The predicted molar refractivity (Wildman–Crippen MR) is 73.8 cm³/mol. The second-order valence-corrected chi connectivity index (χ2v) is 5.40. The van der Waals surface area contributed by atoms with Gasteiger partial charge in [-0.25, -0.2) is 0 Å². The fraction of sp³-hybridized carbons (Fsp3) is 0.533. The minimum Gasteiger partial charge on any atom is -0.325 e. The highest BCUT2D eigenvalue weighted by molar-refractivity contribution is 5.91. The normalized spacial score (nSPS) is 23.7. The van der Waals surface area contributed by atoms with Crippen molar-refractivity contribution in [3.8, 4) is 0 Å². The average molecular weight is 247 g/mol. The molecule has 1 aliphatic rings. The Kier molecular flexibility index (Phi) is 4.37. The fourth-order valence-electron chi connectivity index (χ4n) is 2.65. The number of likely N-dealkylation sites (tertiary alicyclic amines) is 1. The lowest BCUT2D eigenvalue weighted by molar-refractivity contribution is -0.920. The predicted octanol–water partition coefficient (Wildman–Crippen LogP) is 1.39. The van der Waals surface area contributed by atoms with Gasteiger partial charge in [0.05, 0.1) is 12.6 Å². The summed E-state index contributed by atoms with van der Waals surface area (Å²) in [6.07, 6.45) is 3.80. The van der Waals surface area contributed by atoms with Crippen molar-refractivity contribution in [1.82, 2.24) is 0 Å². The van der Waals surface area contributed by atoms with Crippen LogP contribution in [0.2, 0.25) is 0 Å². The van der Waals surface area contributed by atoms with Gasteiger partial charge >= 0.3 is 0 Å². The van der Waals surface area contributed by atoms with Gasteiger partial charge in [0.1, 0.15) is 0 Å². The Morgan fingerprint density at radius 3 is 3.00 bits per heavy atom. The summed E-state index contributed by atoms with van der Waals surface area (Å²) in [5.41, 5.74) is 2.08. The number of benzene rings is 1. The first-order valence-electron chi connectivity index (χ1n) is 6.86. The number of hydrogen-bond acceptors (Lipinski definition) is 1.